The van der Waals surface area contributed by atoms with Crippen LogP contribution in [-0.4, -0.2) is 26.8 Å². The van der Waals surface area contributed by atoms with Gasteiger partial charge in [0.05, 0.1) is 10.9 Å². The lowest BCUT2D eigenvalue weighted by Crippen LogP contribution is -2.31. The van der Waals surface area contributed by atoms with Crippen molar-refractivity contribution in [2.24, 2.45) is 0 Å². The normalized spacial score (nSPS) is 11.5. The number of aromatic amines is 1. The lowest BCUT2D eigenvalue weighted by Gasteiger charge is -2.13. The first-order chi connectivity index (χ1) is 14.2. The summed E-state index contributed by atoms with van der Waals surface area (Å²) in [4.78, 5) is 42.8. The Morgan fingerprint density at radius 1 is 1.27 bits per heavy atom. The fourth-order valence-electron chi connectivity index (χ4n) is 2.87. The smallest absolute Gasteiger partial charge is 0.405 e. The van der Waals surface area contributed by atoms with Crippen LogP contribution >= 0.6 is 0 Å². The molecule has 1 aromatic carbocycles. The molecule has 3 rings (SSSR count). The number of H-pyrrole nitrogens is 1. The second-order valence-corrected chi connectivity index (χ2v) is 6.34. The highest BCUT2D eigenvalue weighted by atomic mass is 19.4. The maximum absolute atomic E-state index is 12.5. The average molecular weight is 422 g/mol. The van der Waals surface area contributed by atoms with Crippen LogP contribution in [0, 0.1) is 0 Å². The number of amides is 1. The number of fused-ring (bicyclic) bond motifs is 1. The maximum atomic E-state index is 12.5. The minimum Gasteiger partial charge on any atom is -0.405 e. The molecule has 11 heteroatoms. The Hall–Kier alpha value is -3.63. The van der Waals surface area contributed by atoms with E-state index in [9.17, 15) is 27.6 Å². The molecule has 0 spiro atoms. The van der Waals surface area contributed by atoms with Crippen LogP contribution in [0.4, 0.5) is 13.2 Å². The molecule has 30 heavy (non-hydrogen) atoms. The molecule has 2 heterocycles. The summed E-state index contributed by atoms with van der Waals surface area (Å²) in [6.45, 7) is 1.95. The van der Waals surface area contributed by atoms with E-state index in [0.717, 1.165) is 6.07 Å². The molecule has 8 nitrogen and oxygen atoms in total. The number of carbonyl (C=O) groups excluding carboxylic acids is 1. The molecular weight excluding hydrogens is 405 g/mol. The number of rotatable bonds is 6. The highest BCUT2D eigenvalue weighted by molar-refractivity contribution is 5.96. The molecule has 2 aromatic heterocycles. The summed E-state index contributed by atoms with van der Waals surface area (Å²) in [5.41, 5.74) is -1.00. The minimum atomic E-state index is -4.86. The highest BCUT2D eigenvalue weighted by Crippen LogP contribution is 2.26. The molecule has 0 saturated carbocycles. The number of nitrogens with one attached hydrogen (secondary N) is 2. The first-order valence-electron chi connectivity index (χ1n) is 8.94. The Bertz CT molecular complexity index is 1200. The van der Waals surface area contributed by atoms with E-state index in [2.05, 4.69) is 20.0 Å². The third-order valence-corrected chi connectivity index (χ3v) is 4.18. The number of carbonyl (C=O) groups is 1. The number of alkyl halides is 3. The van der Waals surface area contributed by atoms with E-state index < -0.39 is 29.3 Å². The summed E-state index contributed by atoms with van der Waals surface area (Å²) >= 11 is 0. The number of para-hydroxylation sites is 1. The van der Waals surface area contributed by atoms with E-state index in [1.165, 1.54) is 35.0 Å². The van der Waals surface area contributed by atoms with E-state index in [1.54, 1.807) is 0 Å². The van der Waals surface area contributed by atoms with Crippen molar-refractivity contribution in [3.63, 3.8) is 0 Å². The van der Waals surface area contributed by atoms with E-state index in [0.29, 0.717) is 13.0 Å². The molecule has 0 aliphatic heterocycles. The number of pyridine rings is 1. The summed E-state index contributed by atoms with van der Waals surface area (Å²) < 4.78 is 42.8. The van der Waals surface area contributed by atoms with E-state index >= 15 is 0 Å². The molecule has 0 radical (unpaired) electrons. The lowest BCUT2D eigenvalue weighted by molar-refractivity contribution is -0.274. The number of nitrogens with zero attached hydrogens (tertiary/aromatic N) is 2. The third kappa shape index (κ3) is 4.67. The van der Waals surface area contributed by atoms with Crippen LogP contribution in [-0.2, 0) is 13.1 Å². The van der Waals surface area contributed by atoms with Crippen molar-refractivity contribution in [1.29, 1.82) is 0 Å². The van der Waals surface area contributed by atoms with Crippen LogP contribution in [0.2, 0.25) is 0 Å². The number of hydrogen-bond acceptors (Lipinski definition) is 5. The van der Waals surface area contributed by atoms with Crippen molar-refractivity contribution in [2.45, 2.75) is 32.8 Å². The molecule has 0 atom stereocenters. The molecular formula is C19H17F3N4O4. The van der Waals surface area contributed by atoms with Crippen LogP contribution in [0.25, 0.3) is 11.0 Å². The summed E-state index contributed by atoms with van der Waals surface area (Å²) in [5, 5.41) is 2.52. The predicted octanol–water partition coefficient (Wildman–Crippen LogP) is 2.32. The molecule has 0 aliphatic rings. The summed E-state index contributed by atoms with van der Waals surface area (Å²) in [6.07, 6.45) is -3.04. The van der Waals surface area contributed by atoms with Gasteiger partial charge in [0.15, 0.2) is 0 Å². The topological polar surface area (TPSA) is 106 Å². The van der Waals surface area contributed by atoms with Crippen molar-refractivity contribution < 1.29 is 22.7 Å². The Balaban J connectivity index is 1.85. The van der Waals surface area contributed by atoms with Crippen LogP contribution in [0.1, 0.15) is 29.3 Å². The Kier molecular flexibility index (Phi) is 5.90. The number of aryl methyl sites for hydroxylation is 1. The van der Waals surface area contributed by atoms with Crippen molar-refractivity contribution in [3.8, 4) is 5.75 Å². The Labute approximate surface area is 167 Å². The fraction of sp³-hybridized carbons (Fsp3) is 0.263. The van der Waals surface area contributed by atoms with Gasteiger partial charge in [-0.2, -0.15) is 0 Å². The zero-order chi connectivity index (χ0) is 21.9. The molecule has 3 aromatic rings. The number of benzene rings is 1. The Morgan fingerprint density at radius 2 is 2.00 bits per heavy atom. The van der Waals surface area contributed by atoms with Gasteiger partial charge in [-0.3, -0.25) is 19.1 Å². The van der Waals surface area contributed by atoms with Gasteiger partial charge >= 0.3 is 12.1 Å². The minimum absolute atomic E-state index is 0.0175. The summed E-state index contributed by atoms with van der Waals surface area (Å²) in [5.74, 6) is -1.08. The van der Waals surface area contributed by atoms with E-state index in [1.807, 2.05) is 6.92 Å². The van der Waals surface area contributed by atoms with Gasteiger partial charge < -0.3 is 10.1 Å². The van der Waals surface area contributed by atoms with Crippen molar-refractivity contribution in [1.82, 2.24) is 19.9 Å². The maximum Gasteiger partial charge on any atom is 0.573 e. The van der Waals surface area contributed by atoms with Gasteiger partial charge in [-0.05, 0) is 18.6 Å². The zero-order valence-electron chi connectivity index (χ0n) is 15.7. The predicted molar refractivity (Wildman–Crippen MR) is 101 cm³/mol. The van der Waals surface area contributed by atoms with Crippen LogP contribution in [0.5, 0.6) is 5.75 Å². The molecule has 0 unspecified atom stereocenters. The van der Waals surface area contributed by atoms with Crippen LogP contribution < -0.4 is 21.3 Å². The zero-order valence-corrected chi connectivity index (χ0v) is 15.7. The van der Waals surface area contributed by atoms with Crippen molar-refractivity contribution in [3.05, 3.63) is 68.5 Å². The summed E-state index contributed by atoms with van der Waals surface area (Å²) in [6, 6.07) is 6.68. The fourth-order valence-corrected chi connectivity index (χ4v) is 2.87. The molecule has 0 bridgehead atoms. The molecule has 0 aliphatic carbocycles. The molecule has 158 valence electrons. The van der Waals surface area contributed by atoms with Gasteiger partial charge in [0.2, 0.25) is 0 Å². The monoisotopic (exact) mass is 422 g/mol. The first kappa shape index (κ1) is 21.1. The first-order valence-corrected chi connectivity index (χ1v) is 8.94. The second-order valence-electron chi connectivity index (χ2n) is 6.34. The SMILES string of the molecule is CCCn1c(=O)[nH]c(=O)c2cc(C(=O)NCc3ccccc3OC(F)(F)F)cnc21. The highest BCUT2D eigenvalue weighted by Gasteiger charge is 2.32. The standard InChI is InChI=1S/C19H17F3N4O4/c1-2-7-26-15-13(17(28)25-18(26)29)8-12(10-23-15)16(27)24-9-11-5-3-4-6-14(11)30-19(20,21)22/h3-6,8,10H,2,7,9H2,1H3,(H,24,27)(H,25,28,29). The van der Waals surface area contributed by atoms with Gasteiger partial charge in [-0.15, -0.1) is 13.2 Å². The molecule has 2 N–H and O–H groups in total. The molecule has 0 fully saturated rings. The van der Waals surface area contributed by atoms with E-state index in [4.69, 9.17) is 0 Å². The average Bonchev–Trinajstić information content (AvgIpc) is 2.68. The van der Waals surface area contributed by atoms with Gasteiger partial charge in [0.1, 0.15) is 11.4 Å². The quantitative estimate of drug-likeness (QED) is 0.634. The van der Waals surface area contributed by atoms with Crippen molar-refractivity contribution >= 4 is 16.9 Å². The van der Waals surface area contributed by atoms with Gasteiger partial charge in [0.25, 0.3) is 11.5 Å². The van der Waals surface area contributed by atoms with Gasteiger partial charge in [-0.1, -0.05) is 25.1 Å². The van der Waals surface area contributed by atoms with E-state index in [-0.39, 0.29) is 28.7 Å². The molecule has 1 amide bonds. The number of ether oxygens (including phenoxy) is 1. The van der Waals surface area contributed by atoms with Crippen molar-refractivity contribution in [2.75, 3.05) is 0 Å². The van der Waals surface area contributed by atoms with Crippen LogP contribution in [0.3, 0.4) is 0 Å². The third-order valence-electron chi connectivity index (χ3n) is 4.18. The Morgan fingerprint density at radius 3 is 2.70 bits per heavy atom. The van der Waals surface area contributed by atoms with Crippen LogP contribution in [0.15, 0.2) is 46.1 Å². The second kappa shape index (κ2) is 8.39. The lowest BCUT2D eigenvalue weighted by atomic mass is 10.2. The van der Waals surface area contributed by atoms with Gasteiger partial charge in [-0.25, -0.2) is 9.78 Å². The molecule has 0 saturated heterocycles. The number of aromatic nitrogens is 3. The number of halogens is 3. The summed E-state index contributed by atoms with van der Waals surface area (Å²) in [7, 11) is 0. The largest absolute Gasteiger partial charge is 0.573 e. The van der Waals surface area contributed by atoms with Gasteiger partial charge in [0, 0.05) is 24.8 Å². The number of hydrogen-bond donors (Lipinski definition) is 2.